The standard InChI is InChI=1S/C28H30F3N5O2/c1-18-15-24(33-36(18)17-19-5-4-6-22(16-19)35-13-11-23(37)12-14-35)26-32-25(34-38-26)20-7-9-21(10-8-20)27(2,3)28(29,30)31/h4-10,15-16,23,37H,11-14,17H2,1-3H3. The van der Waals surface area contributed by atoms with Crippen molar-refractivity contribution >= 4 is 5.69 Å². The summed E-state index contributed by atoms with van der Waals surface area (Å²) in [6, 6.07) is 16.2. The van der Waals surface area contributed by atoms with Crippen LogP contribution in [0.5, 0.6) is 0 Å². The number of piperidine rings is 1. The zero-order valence-corrected chi connectivity index (χ0v) is 21.5. The van der Waals surface area contributed by atoms with Gasteiger partial charge in [-0.15, -0.1) is 0 Å². The van der Waals surface area contributed by atoms with Crippen molar-refractivity contribution in [3.63, 3.8) is 0 Å². The van der Waals surface area contributed by atoms with E-state index in [2.05, 4.69) is 38.3 Å². The Morgan fingerprint density at radius 1 is 1.03 bits per heavy atom. The molecule has 1 fully saturated rings. The highest BCUT2D eigenvalue weighted by Crippen LogP contribution is 2.40. The molecule has 2 aromatic heterocycles. The SMILES string of the molecule is Cc1cc(-c2nc(-c3ccc(C(C)(C)C(F)(F)F)cc3)no2)nn1Cc1cccc(N2CCC(O)CC2)c1. The number of halogens is 3. The summed E-state index contributed by atoms with van der Waals surface area (Å²) in [5.74, 6) is 0.519. The third-order valence-electron chi connectivity index (χ3n) is 7.27. The van der Waals surface area contributed by atoms with Crippen molar-refractivity contribution in [1.82, 2.24) is 19.9 Å². The first kappa shape index (κ1) is 26.0. The lowest BCUT2D eigenvalue weighted by atomic mass is 9.83. The molecule has 3 heterocycles. The number of nitrogens with zero attached hydrogens (tertiary/aromatic N) is 5. The first-order valence-electron chi connectivity index (χ1n) is 12.6. The van der Waals surface area contributed by atoms with Gasteiger partial charge in [-0.05, 0) is 62.9 Å². The summed E-state index contributed by atoms with van der Waals surface area (Å²) in [6.07, 6.45) is -3.03. The van der Waals surface area contributed by atoms with Gasteiger partial charge in [0.25, 0.3) is 5.89 Å². The monoisotopic (exact) mass is 525 g/mol. The van der Waals surface area contributed by atoms with Crippen molar-refractivity contribution < 1.29 is 22.8 Å². The Morgan fingerprint density at radius 3 is 2.42 bits per heavy atom. The number of aliphatic hydroxyl groups excluding tert-OH is 1. The lowest BCUT2D eigenvalue weighted by Gasteiger charge is -2.31. The molecule has 0 bridgehead atoms. The predicted octanol–water partition coefficient (Wildman–Crippen LogP) is 5.76. The van der Waals surface area contributed by atoms with Crippen molar-refractivity contribution in [3.05, 3.63) is 71.4 Å². The van der Waals surface area contributed by atoms with Crippen LogP contribution >= 0.6 is 0 Å². The predicted molar refractivity (Wildman–Crippen MR) is 138 cm³/mol. The number of hydrogen-bond donors (Lipinski definition) is 1. The first-order valence-corrected chi connectivity index (χ1v) is 12.6. The fraction of sp³-hybridized carbons (Fsp3) is 0.393. The Labute approximate surface area is 218 Å². The van der Waals surface area contributed by atoms with Gasteiger partial charge in [-0.1, -0.05) is 41.6 Å². The summed E-state index contributed by atoms with van der Waals surface area (Å²) in [5.41, 5.74) is 2.43. The van der Waals surface area contributed by atoms with Crippen LogP contribution < -0.4 is 4.90 Å². The Kier molecular flexibility index (Phi) is 6.77. The van der Waals surface area contributed by atoms with Gasteiger partial charge in [0, 0.05) is 30.0 Å². The molecule has 0 amide bonds. The summed E-state index contributed by atoms with van der Waals surface area (Å²) < 4.78 is 47.4. The molecule has 0 radical (unpaired) electrons. The third-order valence-corrected chi connectivity index (χ3v) is 7.27. The van der Waals surface area contributed by atoms with Crippen LogP contribution in [0, 0.1) is 6.92 Å². The second kappa shape index (κ2) is 9.90. The Morgan fingerprint density at radius 2 is 1.74 bits per heavy atom. The number of aromatic nitrogens is 4. The Hall–Kier alpha value is -3.66. The highest BCUT2D eigenvalue weighted by atomic mass is 19.4. The molecule has 2 aromatic carbocycles. The molecule has 1 aliphatic heterocycles. The van der Waals surface area contributed by atoms with Crippen LogP contribution in [-0.4, -0.2) is 50.4 Å². The molecule has 0 aliphatic carbocycles. The molecule has 4 aromatic rings. The average Bonchev–Trinajstić information content (AvgIpc) is 3.51. The van der Waals surface area contributed by atoms with Crippen molar-refractivity contribution in [3.8, 4) is 23.0 Å². The van der Waals surface area contributed by atoms with E-state index < -0.39 is 11.6 Å². The number of alkyl halides is 3. The molecular weight excluding hydrogens is 495 g/mol. The van der Waals surface area contributed by atoms with E-state index in [1.807, 2.05) is 23.7 Å². The number of rotatable bonds is 6. The van der Waals surface area contributed by atoms with E-state index in [-0.39, 0.29) is 23.4 Å². The maximum absolute atomic E-state index is 13.4. The zero-order chi connectivity index (χ0) is 27.1. The summed E-state index contributed by atoms with van der Waals surface area (Å²) in [6.45, 7) is 6.48. The van der Waals surface area contributed by atoms with Gasteiger partial charge in [0.2, 0.25) is 5.82 Å². The fourth-order valence-electron chi connectivity index (χ4n) is 4.57. The van der Waals surface area contributed by atoms with Gasteiger partial charge in [0.05, 0.1) is 18.1 Å². The van der Waals surface area contributed by atoms with E-state index in [0.29, 0.717) is 17.8 Å². The number of aliphatic hydroxyl groups is 1. The number of aryl methyl sites for hydroxylation is 1. The van der Waals surface area contributed by atoms with Gasteiger partial charge in [-0.3, -0.25) is 4.68 Å². The molecule has 5 rings (SSSR count). The van der Waals surface area contributed by atoms with Gasteiger partial charge < -0.3 is 14.5 Å². The highest BCUT2D eigenvalue weighted by molar-refractivity contribution is 5.59. The third kappa shape index (κ3) is 5.18. The molecule has 10 heteroatoms. The van der Waals surface area contributed by atoms with Crippen LogP contribution in [0.15, 0.2) is 59.1 Å². The molecule has 0 atom stereocenters. The molecule has 0 saturated carbocycles. The number of benzene rings is 2. The lowest BCUT2D eigenvalue weighted by molar-refractivity contribution is -0.180. The second-order valence-corrected chi connectivity index (χ2v) is 10.3. The van der Waals surface area contributed by atoms with Gasteiger partial charge in [0.1, 0.15) is 0 Å². The quantitative estimate of drug-likeness (QED) is 0.345. The van der Waals surface area contributed by atoms with E-state index in [0.717, 1.165) is 56.7 Å². The Balaban J connectivity index is 1.31. The van der Waals surface area contributed by atoms with Crippen LogP contribution in [0.25, 0.3) is 23.0 Å². The van der Waals surface area contributed by atoms with Crippen molar-refractivity contribution in [2.45, 2.75) is 57.9 Å². The van der Waals surface area contributed by atoms with E-state index in [4.69, 9.17) is 4.52 Å². The second-order valence-electron chi connectivity index (χ2n) is 10.3. The van der Waals surface area contributed by atoms with E-state index >= 15 is 0 Å². The van der Waals surface area contributed by atoms with Crippen molar-refractivity contribution in [2.24, 2.45) is 0 Å². The summed E-state index contributed by atoms with van der Waals surface area (Å²) in [5, 5.41) is 18.5. The highest BCUT2D eigenvalue weighted by Gasteiger charge is 2.48. The molecule has 0 unspecified atom stereocenters. The molecule has 7 nitrogen and oxygen atoms in total. The van der Waals surface area contributed by atoms with Crippen LogP contribution in [-0.2, 0) is 12.0 Å². The normalized spacial score (nSPS) is 15.3. The van der Waals surface area contributed by atoms with E-state index in [9.17, 15) is 18.3 Å². The van der Waals surface area contributed by atoms with Crippen LogP contribution in [0.4, 0.5) is 18.9 Å². The minimum atomic E-state index is -4.36. The molecule has 200 valence electrons. The first-order chi connectivity index (χ1) is 18.0. The maximum Gasteiger partial charge on any atom is 0.397 e. The van der Waals surface area contributed by atoms with Gasteiger partial charge in [-0.25, -0.2) is 0 Å². The summed E-state index contributed by atoms with van der Waals surface area (Å²) >= 11 is 0. The van der Waals surface area contributed by atoms with E-state index in [1.54, 1.807) is 12.1 Å². The molecule has 1 aliphatic rings. The Bertz CT molecular complexity index is 1400. The topological polar surface area (TPSA) is 80.2 Å². The van der Waals surface area contributed by atoms with Crippen molar-refractivity contribution in [1.29, 1.82) is 0 Å². The zero-order valence-electron chi connectivity index (χ0n) is 21.5. The molecule has 1 saturated heterocycles. The van der Waals surface area contributed by atoms with Gasteiger partial charge in [0.15, 0.2) is 5.69 Å². The maximum atomic E-state index is 13.4. The van der Waals surface area contributed by atoms with Gasteiger partial charge >= 0.3 is 6.18 Å². The van der Waals surface area contributed by atoms with Gasteiger partial charge in [-0.2, -0.15) is 23.3 Å². The summed E-state index contributed by atoms with van der Waals surface area (Å²) in [7, 11) is 0. The minimum absolute atomic E-state index is 0.161. The lowest BCUT2D eigenvalue weighted by Crippen LogP contribution is -2.36. The van der Waals surface area contributed by atoms with Crippen LogP contribution in [0.1, 0.15) is 43.5 Å². The molecule has 38 heavy (non-hydrogen) atoms. The summed E-state index contributed by atoms with van der Waals surface area (Å²) in [4.78, 5) is 6.72. The van der Waals surface area contributed by atoms with Crippen LogP contribution in [0.2, 0.25) is 0 Å². The largest absolute Gasteiger partial charge is 0.397 e. The van der Waals surface area contributed by atoms with E-state index in [1.165, 1.54) is 12.1 Å². The van der Waals surface area contributed by atoms with Crippen molar-refractivity contribution in [2.75, 3.05) is 18.0 Å². The smallest absolute Gasteiger partial charge is 0.393 e. The molecule has 1 N–H and O–H groups in total. The number of anilines is 1. The average molecular weight is 526 g/mol. The molecule has 0 spiro atoms. The fourth-order valence-corrected chi connectivity index (χ4v) is 4.57. The molecular formula is C28H30F3N5O2. The van der Waals surface area contributed by atoms with Crippen LogP contribution in [0.3, 0.4) is 0 Å². The number of hydrogen-bond acceptors (Lipinski definition) is 6. The minimum Gasteiger partial charge on any atom is -0.393 e.